The fraction of sp³-hybridized carbons (Fsp3) is 0.500. The van der Waals surface area contributed by atoms with Crippen molar-refractivity contribution in [3.05, 3.63) is 21.9 Å². The van der Waals surface area contributed by atoms with Crippen molar-refractivity contribution in [3.8, 4) is 0 Å². The molecule has 0 aromatic carbocycles. The Bertz CT molecular complexity index is 433. The zero-order chi connectivity index (χ0) is 14.3. The average molecular weight is 286 g/mol. The van der Waals surface area contributed by atoms with E-state index < -0.39 is 12.0 Å². The Labute approximate surface area is 116 Å². The molecule has 2 amide bonds. The maximum Gasteiger partial charge on any atom is 0.323 e. The molecule has 0 spiro atoms. The van der Waals surface area contributed by atoms with Crippen molar-refractivity contribution in [2.75, 3.05) is 26.8 Å². The van der Waals surface area contributed by atoms with Gasteiger partial charge in [-0.15, -0.1) is 11.3 Å². The number of thiophene rings is 1. The standard InChI is InChI=1S/C12H18N2O4S/c1-9-3-6-19-10(9)7-13-12(17)14(4-5-18-2)8-11(15)16/h3,6H,4-5,7-8H2,1-2H3,(H,13,17)(H,15,16). The number of nitrogens with zero attached hydrogens (tertiary/aromatic N) is 1. The van der Waals surface area contributed by atoms with E-state index >= 15 is 0 Å². The van der Waals surface area contributed by atoms with Crippen LogP contribution < -0.4 is 5.32 Å². The number of amides is 2. The topological polar surface area (TPSA) is 78.9 Å². The first kappa shape index (κ1) is 15.5. The van der Waals surface area contributed by atoms with Crippen LogP contribution in [0.15, 0.2) is 11.4 Å². The molecule has 0 fully saturated rings. The van der Waals surface area contributed by atoms with E-state index in [2.05, 4.69) is 5.32 Å². The summed E-state index contributed by atoms with van der Waals surface area (Å²) in [5, 5.41) is 13.4. The highest BCUT2D eigenvalue weighted by atomic mass is 32.1. The summed E-state index contributed by atoms with van der Waals surface area (Å²) < 4.78 is 4.86. The van der Waals surface area contributed by atoms with Gasteiger partial charge in [0.1, 0.15) is 6.54 Å². The molecule has 6 nitrogen and oxygen atoms in total. The number of hydrogen-bond donors (Lipinski definition) is 2. The summed E-state index contributed by atoms with van der Waals surface area (Å²) in [7, 11) is 1.51. The highest BCUT2D eigenvalue weighted by Crippen LogP contribution is 2.14. The third-order valence-electron chi connectivity index (χ3n) is 2.55. The maximum atomic E-state index is 11.9. The Morgan fingerprint density at radius 3 is 2.79 bits per heavy atom. The number of carbonyl (C=O) groups excluding carboxylic acids is 1. The lowest BCUT2D eigenvalue weighted by Gasteiger charge is -2.20. The predicted molar refractivity (Wildman–Crippen MR) is 72.4 cm³/mol. The molecule has 7 heteroatoms. The van der Waals surface area contributed by atoms with Crippen molar-refractivity contribution in [1.29, 1.82) is 0 Å². The summed E-state index contributed by atoms with van der Waals surface area (Å²) in [6.07, 6.45) is 0. The molecule has 1 aromatic heterocycles. The molecule has 1 heterocycles. The van der Waals surface area contributed by atoms with E-state index in [1.54, 1.807) is 11.3 Å². The molecular weight excluding hydrogens is 268 g/mol. The molecule has 0 aliphatic heterocycles. The molecule has 0 unspecified atom stereocenters. The lowest BCUT2D eigenvalue weighted by atomic mass is 10.3. The Morgan fingerprint density at radius 2 is 2.26 bits per heavy atom. The average Bonchev–Trinajstić information content (AvgIpc) is 2.76. The fourth-order valence-electron chi connectivity index (χ4n) is 1.47. The van der Waals surface area contributed by atoms with Crippen molar-refractivity contribution in [2.45, 2.75) is 13.5 Å². The molecule has 19 heavy (non-hydrogen) atoms. The minimum Gasteiger partial charge on any atom is -0.480 e. The Hall–Kier alpha value is -1.60. The number of nitrogens with one attached hydrogen (secondary N) is 1. The summed E-state index contributed by atoms with van der Waals surface area (Å²) in [6, 6.07) is 1.58. The van der Waals surface area contributed by atoms with Gasteiger partial charge in [-0.05, 0) is 23.9 Å². The highest BCUT2D eigenvalue weighted by Gasteiger charge is 2.16. The molecule has 1 rings (SSSR count). The van der Waals surface area contributed by atoms with Crippen LogP contribution in [0, 0.1) is 6.92 Å². The lowest BCUT2D eigenvalue weighted by Crippen LogP contribution is -2.44. The van der Waals surface area contributed by atoms with Crippen molar-refractivity contribution in [2.24, 2.45) is 0 Å². The Morgan fingerprint density at radius 1 is 1.53 bits per heavy atom. The summed E-state index contributed by atoms with van der Waals surface area (Å²) in [5.41, 5.74) is 1.12. The Balaban J connectivity index is 2.51. The summed E-state index contributed by atoms with van der Waals surface area (Å²) in [6.45, 7) is 2.60. The number of carboxylic acid groups (broad SMARTS) is 1. The van der Waals surface area contributed by atoms with Gasteiger partial charge < -0.3 is 20.1 Å². The number of methoxy groups -OCH3 is 1. The van der Waals surface area contributed by atoms with Crippen LogP contribution in [0.4, 0.5) is 4.79 Å². The largest absolute Gasteiger partial charge is 0.480 e. The monoisotopic (exact) mass is 286 g/mol. The molecular formula is C12H18N2O4S. The summed E-state index contributed by atoms with van der Waals surface area (Å²) >= 11 is 1.56. The first-order chi connectivity index (χ1) is 9.04. The quantitative estimate of drug-likeness (QED) is 0.792. The van der Waals surface area contributed by atoms with Gasteiger partial charge >= 0.3 is 12.0 Å². The molecule has 2 N–H and O–H groups in total. The molecule has 106 valence electrons. The molecule has 0 aliphatic carbocycles. The van der Waals surface area contributed by atoms with Gasteiger partial charge in [-0.1, -0.05) is 0 Å². The number of rotatable bonds is 7. The van der Waals surface area contributed by atoms with Gasteiger partial charge in [0.2, 0.25) is 0 Å². The van der Waals surface area contributed by atoms with Crippen molar-refractivity contribution < 1.29 is 19.4 Å². The normalized spacial score (nSPS) is 10.2. The second kappa shape index (κ2) is 7.75. The zero-order valence-corrected chi connectivity index (χ0v) is 11.8. The van der Waals surface area contributed by atoms with Gasteiger partial charge in [-0.3, -0.25) is 4.79 Å². The van der Waals surface area contributed by atoms with Gasteiger partial charge in [0.15, 0.2) is 0 Å². The van der Waals surface area contributed by atoms with Crippen LogP contribution in [0.2, 0.25) is 0 Å². The zero-order valence-electron chi connectivity index (χ0n) is 11.0. The summed E-state index contributed by atoms with van der Waals surface area (Å²) in [5.74, 6) is -1.04. The molecule has 0 atom stereocenters. The predicted octanol–water partition coefficient (Wildman–Crippen LogP) is 1.30. The van der Waals surface area contributed by atoms with Crippen LogP contribution in [-0.2, 0) is 16.1 Å². The van der Waals surface area contributed by atoms with E-state index in [-0.39, 0.29) is 13.1 Å². The van der Waals surface area contributed by atoms with Crippen molar-refractivity contribution in [3.63, 3.8) is 0 Å². The molecule has 0 saturated carbocycles. The third-order valence-corrected chi connectivity index (χ3v) is 3.57. The number of aliphatic carboxylic acids is 1. The van der Waals surface area contributed by atoms with Crippen LogP contribution in [0.3, 0.4) is 0 Å². The number of ether oxygens (including phenoxy) is 1. The van der Waals surface area contributed by atoms with Gasteiger partial charge in [0, 0.05) is 18.5 Å². The number of hydrogen-bond acceptors (Lipinski definition) is 4. The third kappa shape index (κ3) is 5.27. The molecule has 0 saturated heterocycles. The van der Waals surface area contributed by atoms with Gasteiger partial charge in [-0.25, -0.2) is 4.79 Å². The van der Waals surface area contributed by atoms with E-state index in [0.717, 1.165) is 10.4 Å². The number of carbonyl (C=O) groups is 2. The molecule has 0 radical (unpaired) electrons. The second-order valence-corrected chi connectivity index (χ2v) is 4.99. The van der Waals surface area contributed by atoms with Gasteiger partial charge in [0.25, 0.3) is 0 Å². The summed E-state index contributed by atoms with van der Waals surface area (Å²) in [4.78, 5) is 24.9. The van der Waals surface area contributed by atoms with Crippen LogP contribution >= 0.6 is 11.3 Å². The maximum absolute atomic E-state index is 11.9. The van der Waals surface area contributed by atoms with E-state index in [0.29, 0.717) is 13.2 Å². The van der Waals surface area contributed by atoms with Crippen LogP contribution in [0.25, 0.3) is 0 Å². The van der Waals surface area contributed by atoms with Gasteiger partial charge in [-0.2, -0.15) is 0 Å². The van der Waals surface area contributed by atoms with E-state index in [9.17, 15) is 9.59 Å². The first-order valence-electron chi connectivity index (χ1n) is 5.81. The van der Waals surface area contributed by atoms with E-state index in [1.165, 1.54) is 12.0 Å². The molecule has 0 aliphatic rings. The first-order valence-corrected chi connectivity index (χ1v) is 6.69. The van der Waals surface area contributed by atoms with Crippen LogP contribution in [0.5, 0.6) is 0 Å². The van der Waals surface area contributed by atoms with Crippen LogP contribution in [-0.4, -0.2) is 48.8 Å². The van der Waals surface area contributed by atoms with Crippen LogP contribution in [0.1, 0.15) is 10.4 Å². The van der Waals surface area contributed by atoms with E-state index in [4.69, 9.17) is 9.84 Å². The van der Waals surface area contributed by atoms with Crippen molar-refractivity contribution in [1.82, 2.24) is 10.2 Å². The lowest BCUT2D eigenvalue weighted by molar-refractivity contribution is -0.137. The minimum absolute atomic E-state index is 0.248. The number of urea groups is 1. The van der Waals surface area contributed by atoms with Crippen molar-refractivity contribution >= 4 is 23.3 Å². The highest BCUT2D eigenvalue weighted by molar-refractivity contribution is 7.10. The number of aryl methyl sites for hydroxylation is 1. The smallest absolute Gasteiger partial charge is 0.323 e. The Kier molecular flexibility index (Phi) is 6.31. The van der Waals surface area contributed by atoms with E-state index in [1.807, 2.05) is 18.4 Å². The fourth-order valence-corrected chi connectivity index (χ4v) is 2.32. The number of carboxylic acids is 1. The molecule has 0 bridgehead atoms. The SMILES string of the molecule is COCCN(CC(=O)O)C(=O)NCc1sccc1C. The minimum atomic E-state index is -1.04. The molecule has 1 aromatic rings. The second-order valence-electron chi connectivity index (χ2n) is 3.99. The van der Waals surface area contributed by atoms with Gasteiger partial charge in [0.05, 0.1) is 13.2 Å².